The minimum absolute atomic E-state index is 0.316. The smallest absolute Gasteiger partial charge is 0.331 e. The number of furan rings is 1. The molecule has 0 bridgehead atoms. The van der Waals surface area contributed by atoms with Crippen molar-refractivity contribution < 1.29 is 9.15 Å². The topological polar surface area (TPSA) is 71.3 Å². The van der Waals surface area contributed by atoms with Crippen LogP contribution in [0.3, 0.4) is 0 Å². The van der Waals surface area contributed by atoms with Gasteiger partial charge in [-0.3, -0.25) is 13.9 Å². The van der Waals surface area contributed by atoms with Crippen LogP contribution in [-0.4, -0.2) is 20.3 Å². The van der Waals surface area contributed by atoms with Gasteiger partial charge in [0.2, 0.25) is 0 Å². The lowest BCUT2D eigenvalue weighted by Gasteiger charge is -2.38. The van der Waals surface area contributed by atoms with Crippen molar-refractivity contribution >= 4 is 10.9 Å². The normalized spacial score (nSPS) is 17.8. The molecule has 0 spiro atoms. The number of ether oxygens (including phenoxy) is 1. The standard InChI is InChI=1S/C24H25N3O4/c1-14-11-12-16(31-14)21-20-19-17(22(28)26(5)23(29)25(19)4)18(15-9-7-6-8-10-15)27(20)24(2,3)13-30-21/h6-12,21H,13H2,1-5H3/t21-/m1/s1. The van der Waals surface area contributed by atoms with E-state index in [1.54, 1.807) is 11.6 Å². The first-order chi connectivity index (χ1) is 14.7. The van der Waals surface area contributed by atoms with E-state index >= 15 is 0 Å². The lowest BCUT2D eigenvalue weighted by Crippen LogP contribution is -2.40. The van der Waals surface area contributed by atoms with Gasteiger partial charge in [-0.1, -0.05) is 30.3 Å². The van der Waals surface area contributed by atoms with E-state index in [1.165, 1.54) is 11.6 Å². The van der Waals surface area contributed by atoms with Gasteiger partial charge in [0.1, 0.15) is 11.5 Å². The molecule has 31 heavy (non-hydrogen) atoms. The van der Waals surface area contributed by atoms with Crippen LogP contribution in [0.1, 0.15) is 37.2 Å². The Balaban J connectivity index is 2.03. The molecule has 4 heterocycles. The Bertz CT molecular complexity index is 1430. The van der Waals surface area contributed by atoms with E-state index in [4.69, 9.17) is 9.15 Å². The summed E-state index contributed by atoms with van der Waals surface area (Å²) in [6.45, 7) is 6.47. The highest BCUT2D eigenvalue weighted by atomic mass is 16.5. The van der Waals surface area contributed by atoms with Crippen LogP contribution in [0.25, 0.3) is 22.2 Å². The molecule has 1 atom stereocenters. The largest absolute Gasteiger partial charge is 0.463 e. The zero-order valence-electron chi connectivity index (χ0n) is 18.3. The third-order valence-corrected chi connectivity index (χ3v) is 6.13. The molecule has 1 aliphatic heterocycles. The fourth-order valence-corrected chi connectivity index (χ4v) is 4.68. The van der Waals surface area contributed by atoms with Gasteiger partial charge in [-0.2, -0.15) is 0 Å². The van der Waals surface area contributed by atoms with Crippen LogP contribution in [0.15, 0.2) is 56.5 Å². The zero-order chi connectivity index (χ0) is 22.1. The second-order valence-corrected chi connectivity index (χ2v) is 8.82. The maximum absolute atomic E-state index is 13.4. The van der Waals surface area contributed by atoms with Crippen molar-refractivity contribution in [1.82, 2.24) is 13.7 Å². The fraction of sp³-hybridized carbons (Fsp3) is 0.333. The van der Waals surface area contributed by atoms with Gasteiger partial charge >= 0.3 is 5.69 Å². The van der Waals surface area contributed by atoms with E-state index in [0.717, 1.165) is 22.7 Å². The van der Waals surface area contributed by atoms with Gasteiger partial charge in [-0.25, -0.2) is 4.79 Å². The maximum Gasteiger partial charge on any atom is 0.331 e. The summed E-state index contributed by atoms with van der Waals surface area (Å²) < 4.78 is 17.1. The quantitative estimate of drug-likeness (QED) is 0.499. The molecule has 4 aromatic rings. The number of nitrogens with zero attached hydrogens (tertiary/aromatic N) is 3. The molecular formula is C24H25N3O4. The number of aromatic nitrogens is 3. The first-order valence-electron chi connectivity index (χ1n) is 10.3. The van der Waals surface area contributed by atoms with Crippen molar-refractivity contribution in [2.45, 2.75) is 32.4 Å². The van der Waals surface area contributed by atoms with Gasteiger partial charge in [0.15, 0.2) is 6.10 Å². The van der Waals surface area contributed by atoms with Crippen molar-refractivity contribution in [3.8, 4) is 11.3 Å². The molecule has 7 nitrogen and oxygen atoms in total. The number of aryl methyl sites for hydroxylation is 2. The van der Waals surface area contributed by atoms with Crippen LogP contribution in [0.4, 0.5) is 0 Å². The Morgan fingerprint density at radius 3 is 2.35 bits per heavy atom. The van der Waals surface area contributed by atoms with E-state index in [2.05, 4.69) is 18.4 Å². The molecule has 3 aromatic heterocycles. The predicted molar refractivity (Wildman–Crippen MR) is 118 cm³/mol. The molecule has 1 aromatic carbocycles. The molecular weight excluding hydrogens is 394 g/mol. The molecule has 0 saturated heterocycles. The molecule has 0 aliphatic carbocycles. The Morgan fingerprint density at radius 2 is 1.71 bits per heavy atom. The Labute approximate surface area is 179 Å². The average Bonchev–Trinajstić information content (AvgIpc) is 3.34. The van der Waals surface area contributed by atoms with Crippen molar-refractivity contribution in [3.05, 3.63) is 80.5 Å². The molecule has 160 valence electrons. The van der Waals surface area contributed by atoms with Gasteiger partial charge in [0.25, 0.3) is 5.56 Å². The molecule has 1 aliphatic rings. The molecule has 5 rings (SSSR count). The highest BCUT2D eigenvalue weighted by Gasteiger charge is 2.41. The molecule has 0 saturated carbocycles. The highest BCUT2D eigenvalue weighted by Crippen LogP contribution is 2.45. The molecule has 7 heteroatoms. The summed E-state index contributed by atoms with van der Waals surface area (Å²) >= 11 is 0. The number of benzene rings is 1. The molecule has 0 fully saturated rings. The van der Waals surface area contributed by atoms with Gasteiger partial charge in [0.05, 0.1) is 34.4 Å². The number of rotatable bonds is 2. The van der Waals surface area contributed by atoms with Gasteiger partial charge in [-0.15, -0.1) is 0 Å². The monoisotopic (exact) mass is 419 g/mol. The first kappa shape index (κ1) is 19.6. The molecule has 0 radical (unpaired) electrons. The second kappa shape index (κ2) is 6.59. The molecule has 0 unspecified atom stereocenters. The van der Waals surface area contributed by atoms with Crippen molar-refractivity contribution in [3.63, 3.8) is 0 Å². The first-order valence-corrected chi connectivity index (χ1v) is 10.3. The van der Waals surface area contributed by atoms with Crippen molar-refractivity contribution in [1.29, 1.82) is 0 Å². The van der Waals surface area contributed by atoms with Gasteiger partial charge in [0, 0.05) is 14.1 Å². The lowest BCUT2D eigenvalue weighted by molar-refractivity contribution is -0.0166. The summed E-state index contributed by atoms with van der Waals surface area (Å²) in [7, 11) is 3.22. The van der Waals surface area contributed by atoms with E-state index in [1.807, 2.05) is 49.4 Å². The summed E-state index contributed by atoms with van der Waals surface area (Å²) in [5.41, 5.74) is 1.92. The summed E-state index contributed by atoms with van der Waals surface area (Å²) in [5, 5.41) is 0.512. The van der Waals surface area contributed by atoms with E-state index in [-0.39, 0.29) is 11.2 Å². The van der Waals surface area contributed by atoms with Crippen LogP contribution in [-0.2, 0) is 24.4 Å². The number of hydrogen-bond donors (Lipinski definition) is 0. The van der Waals surface area contributed by atoms with Crippen LogP contribution in [0, 0.1) is 6.92 Å². The third-order valence-electron chi connectivity index (χ3n) is 6.13. The minimum atomic E-state index is -0.528. The summed E-state index contributed by atoms with van der Waals surface area (Å²) in [6.07, 6.45) is -0.528. The summed E-state index contributed by atoms with van der Waals surface area (Å²) in [6, 6.07) is 13.6. The van der Waals surface area contributed by atoms with Gasteiger partial charge < -0.3 is 13.7 Å². The van der Waals surface area contributed by atoms with Crippen LogP contribution >= 0.6 is 0 Å². The average molecular weight is 419 g/mol. The van der Waals surface area contributed by atoms with Crippen LogP contribution in [0.5, 0.6) is 0 Å². The Kier molecular flexibility index (Phi) is 4.17. The Hall–Kier alpha value is -3.32. The number of hydrogen-bond acceptors (Lipinski definition) is 4. The fourth-order valence-electron chi connectivity index (χ4n) is 4.68. The lowest BCUT2D eigenvalue weighted by atomic mass is 10.0. The zero-order valence-corrected chi connectivity index (χ0v) is 18.3. The van der Waals surface area contributed by atoms with Crippen LogP contribution in [0.2, 0.25) is 0 Å². The summed E-state index contributed by atoms with van der Waals surface area (Å²) in [4.78, 5) is 26.3. The predicted octanol–water partition coefficient (Wildman–Crippen LogP) is 3.46. The van der Waals surface area contributed by atoms with E-state index in [0.29, 0.717) is 23.3 Å². The van der Waals surface area contributed by atoms with E-state index in [9.17, 15) is 9.59 Å². The Morgan fingerprint density at radius 1 is 1.00 bits per heavy atom. The minimum Gasteiger partial charge on any atom is -0.463 e. The van der Waals surface area contributed by atoms with Crippen LogP contribution < -0.4 is 11.2 Å². The SMILES string of the molecule is Cc1ccc([C@H]2OCC(C)(C)n3c(-c4ccccc4)c4c(=O)n(C)c(=O)n(C)c4c32)o1. The second-order valence-electron chi connectivity index (χ2n) is 8.82. The molecule has 0 N–H and O–H groups in total. The number of fused-ring (bicyclic) bond motifs is 3. The van der Waals surface area contributed by atoms with E-state index < -0.39 is 11.6 Å². The van der Waals surface area contributed by atoms with Crippen molar-refractivity contribution in [2.75, 3.05) is 6.61 Å². The highest BCUT2D eigenvalue weighted by molar-refractivity contribution is 5.96. The third kappa shape index (κ3) is 2.69. The van der Waals surface area contributed by atoms with Gasteiger partial charge in [-0.05, 0) is 38.5 Å². The van der Waals surface area contributed by atoms with Crippen molar-refractivity contribution in [2.24, 2.45) is 14.1 Å². The molecule has 0 amide bonds. The maximum atomic E-state index is 13.4. The summed E-state index contributed by atoms with van der Waals surface area (Å²) in [5.74, 6) is 1.43.